The lowest BCUT2D eigenvalue weighted by Crippen LogP contribution is -2.25. The minimum Gasteiger partial charge on any atom is -0.451 e. The molecule has 3 aromatic rings. The average Bonchev–Trinajstić information content (AvgIpc) is 3.34. The van der Waals surface area contributed by atoms with Gasteiger partial charge in [0.1, 0.15) is 5.76 Å². The number of halogens is 3. The van der Waals surface area contributed by atoms with E-state index in [-0.39, 0.29) is 23.0 Å². The first kappa shape index (κ1) is 19.8. The lowest BCUT2D eigenvalue weighted by atomic mass is 10.1. The maximum Gasteiger partial charge on any atom is 0.416 e. The third kappa shape index (κ3) is 3.80. The molecule has 1 N–H and O–H groups in total. The van der Waals surface area contributed by atoms with Crippen LogP contribution in [0.15, 0.2) is 59.0 Å². The zero-order valence-electron chi connectivity index (χ0n) is 15.9. The minimum atomic E-state index is -4.46. The van der Waals surface area contributed by atoms with Gasteiger partial charge < -0.3 is 14.6 Å². The summed E-state index contributed by atoms with van der Waals surface area (Å²) in [6, 6.07) is 12.8. The van der Waals surface area contributed by atoms with Crippen LogP contribution in [0.3, 0.4) is 0 Å². The summed E-state index contributed by atoms with van der Waals surface area (Å²) in [6.07, 6.45) is -3.77. The Labute approximate surface area is 170 Å². The Morgan fingerprint density at radius 1 is 1.07 bits per heavy atom. The first-order valence-electron chi connectivity index (χ1n) is 9.22. The fourth-order valence-electron chi connectivity index (χ4n) is 3.46. The number of nitrogens with one attached hydrogen (secondary N) is 1. The van der Waals surface area contributed by atoms with Crippen molar-refractivity contribution in [2.45, 2.75) is 19.5 Å². The Bertz CT molecular complexity index is 1130. The molecular weight excluding hydrogens is 397 g/mol. The number of amides is 2. The summed E-state index contributed by atoms with van der Waals surface area (Å²) in [5.74, 6) is -0.414. The zero-order chi connectivity index (χ0) is 21.5. The first-order chi connectivity index (χ1) is 14.2. The molecule has 2 amide bonds. The summed E-state index contributed by atoms with van der Waals surface area (Å²) in [6.45, 7) is 2.10. The van der Waals surface area contributed by atoms with Gasteiger partial charge in [0.25, 0.3) is 5.91 Å². The number of rotatable bonds is 3. The van der Waals surface area contributed by atoms with Gasteiger partial charge >= 0.3 is 6.18 Å². The van der Waals surface area contributed by atoms with E-state index in [9.17, 15) is 22.8 Å². The summed E-state index contributed by atoms with van der Waals surface area (Å²) in [5, 5.41) is 2.72. The maximum absolute atomic E-state index is 12.9. The molecule has 1 aliphatic heterocycles. The molecule has 0 aliphatic carbocycles. The van der Waals surface area contributed by atoms with Gasteiger partial charge in [-0.2, -0.15) is 13.2 Å². The van der Waals surface area contributed by atoms with Gasteiger partial charge in [-0.3, -0.25) is 9.59 Å². The fourth-order valence-corrected chi connectivity index (χ4v) is 3.46. The van der Waals surface area contributed by atoms with Crippen molar-refractivity contribution in [3.63, 3.8) is 0 Å². The van der Waals surface area contributed by atoms with Crippen LogP contribution >= 0.6 is 0 Å². The number of hydrogen-bond acceptors (Lipinski definition) is 3. The smallest absolute Gasteiger partial charge is 0.416 e. The summed E-state index contributed by atoms with van der Waals surface area (Å²) < 4.78 is 44.2. The molecule has 30 heavy (non-hydrogen) atoms. The predicted octanol–water partition coefficient (Wildman–Crippen LogP) is 5.13. The van der Waals surface area contributed by atoms with Crippen LogP contribution in [0, 0.1) is 0 Å². The number of benzene rings is 2. The van der Waals surface area contributed by atoms with Crippen LogP contribution in [-0.2, 0) is 17.4 Å². The quantitative estimate of drug-likeness (QED) is 0.647. The number of furan rings is 1. The van der Waals surface area contributed by atoms with Crippen molar-refractivity contribution in [1.29, 1.82) is 0 Å². The van der Waals surface area contributed by atoms with Gasteiger partial charge in [0.05, 0.1) is 5.56 Å². The molecule has 0 saturated heterocycles. The number of hydrogen-bond donors (Lipinski definition) is 1. The van der Waals surface area contributed by atoms with E-state index in [1.165, 1.54) is 31.2 Å². The van der Waals surface area contributed by atoms with Gasteiger partial charge in [-0.1, -0.05) is 12.1 Å². The SMILES string of the molecule is CC(=O)N1CCc2cc(NC(=O)c3ccc(-c4cccc(C(F)(F)F)c4)o3)ccc21. The van der Waals surface area contributed by atoms with Crippen molar-refractivity contribution in [1.82, 2.24) is 0 Å². The van der Waals surface area contributed by atoms with Crippen LogP contribution in [0.1, 0.15) is 28.6 Å². The van der Waals surface area contributed by atoms with E-state index in [0.717, 1.165) is 23.4 Å². The lowest BCUT2D eigenvalue weighted by Gasteiger charge is -2.14. The normalized spacial score (nSPS) is 13.3. The van der Waals surface area contributed by atoms with E-state index >= 15 is 0 Å². The van der Waals surface area contributed by atoms with Crippen molar-refractivity contribution in [2.75, 3.05) is 16.8 Å². The van der Waals surface area contributed by atoms with E-state index in [0.29, 0.717) is 18.7 Å². The molecule has 0 spiro atoms. The molecular formula is C22H17F3N2O3. The van der Waals surface area contributed by atoms with Crippen LogP contribution in [0.5, 0.6) is 0 Å². The molecule has 8 heteroatoms. The topological polar surface area (TPSA) is 62.6 Å². The third-order valence-electron chi connectivity index (χ3n) is 4.92. The number of carbonyl (C=O) groups excluding carboxylic acids is 2. The number of alkyl halides is 3. The molecule has 0 radical (unpaired) electrons. The molecule has 4 rings (SSSR count). The first-order valence-corrected chi connectivity index (χ1v) is 9.22. The van der Waals surface area contributed by atoms with Crippen molar-refractivity contribution in [3.05, 3.63) is 71.5 Å². The monoisotopic (exact) mass is 414 g/mol. The molecule has 0 fully saturated rings. The highest BCUT2D eigenvalue weighted by atomic mass is 19.4. The van der Waals surface area contributed by atoms with Crippen LogP contribution in [-0.4, -0.2) is 18.4 Å². The molecule has 0 saturated carbocycles. The maximum atomic E-state index is 12.9. The summed E-state index contributed by atoms with van der Waals surface area (Å²) in [4.78, 5) is 25.8. The van der Waals surface area contributed by atoms with E-state index in [1.807, 2.05) is 0 Å². The van der Waals surface area contributed by atoms with Crippen LogP contribution in [0.4, 0.5) is 24.5 Å². The van der Waals surface area contributed by atoms with Crippen molar-refractivity contribution in [2.24, 2.45) is 0 Å². The van der Waals surface area contributed by atoms with Crippen molar-refractivity contribution >= 4 is 23.2 Å². The van der Waals surface area contributed by atoms with Gasteiger partial charge in [-0.15, -0.1) is 0 Å². The highest BCUT2D eigenvalue weighted by Crippen LogP contribution is 2.33. The Morgan fingerprint density at radius 2 is 1.87 bits per heavy atom. The van der Waals surface area contributed by atoms with Gasteiger partial charge in [0, 0.05) is 30.4 Å². The number of nitrogens with zero attached hydrogens (tertiary/aromatic N) is 1. The average molecular weight is 414 g/mol. The van der Waals surface area contributed by atoms with Crippen LogP contribution < -0.4 is 10.2 Å². The van der Waals surface area contributed by atoms with Gasteiger partial charge in [0.15, 0.2) is 5.76 Å². The Kier molecular flexibility index (Phi) is 4.85. The molecule has 1 aliphatic rings. The van der Waals surface area contributed by atoms with Crippen molar-refractivity contribution in [3.8, 4) is 11.3 Å². The van der Waals surface area contributed by atoms with Gasteiger partial charge in [-0.25, -0.2) is 0 Å². The lowest BCUT2D eigenvalue weighted by molar-refractivity contribution is -0.137. The highest BCUT2D eigenvalue weighted by Gasteiger charge is 2.30. The molecule has 2 aromatic carbocycles. The Morgan fingerprint density at radius 3 is 2.60 bits per heavy atom. The van der Waals surface area contributed by atoms with Gasteiger partial charge in [-0.05, 0) is 54.4 Å². The Hall–Kier alpha value is -3.55. The fraction of sp³-hybridized carbons (Fsp3) is 0.182. The van der Waals surface area contributed by atoms with Gasteiger partial charge in [0.2, 0.25) is 5.91 Å². The summed E-state index contributed by atoms with van der Waals surface area (Å²) in [7, 11) is 0. The standard InChI is InChI=1S/C22H17F3N2O3/c1-13(28)27-10-9-14-12-17(5-6-18(14)27)26-21(29)20-8-7-19(30-20)15-3-2-4-16(11-15)22(23,24)25/h2-8,11-12H,9-10H2,1H3,(H,26,29). The third-order valence-corrected chi connectivity index (χ3v) is 4.92. The molecule has 154 valence electrons. The van der Waals surface area contributed by atoms with E-state index in [1.54, 1.807) is 23.1 Å². The largest absolute Gasteiger partial charge is 0.451 e. The molecule has 2 heterocycles. The van der Waals surface area contributed by atoms with E-state index in [4.69, 9.17) is 4.42 Å². The van der Waals surface area contributed by atoms with Crippen molar-refractivity contribution < 1.29 is 27.2 Å². The predicted molar refractivity (Wildman–Crippen MR) is 105 cm³/mol. The number of carbonyl (C=O) groups is 2. The number of anilines is 2. The zero-order valence-corrected chi connectivity index (χ0v) is 15.9. The van der Waals surface area contributed by atoms with E-state index in [2.05, 4.69) is 5.32 Å². The van der Waals surface area contributed by atoms with Crippen LogP contribution in [0.25, 0.3) is 11.3 Å². The second kappa shape index (κ2) is 7.37. The summed E-state index contributed by atoms with van der Waals surface area (Å²) in [5.41, 5.74) is 1.75. The molecule has 1 aromatic heterocycles. The molecule has 0 atom stereocenters. The minimum absolute atomic E-state index is 0.0201. The van der Waals surface area contributed by atoms with E-state index < -0.39 is 17.6 Å². The number of fused-ring (bicyclic) bond motifs is 1. The Balaban J connectivity index is 1.51. The molecule has 5 nitrogen and oxygen atoms in total. The molecule has 0 unspecified atom stereocenters. The second-order valence-electron chi connectivity index (χ2n) is 6.96. The highest BCUT2D eigenvalue weighted by molar-refractivity contribution is 6.03. The summed E-state index contributed by atoms with van der Waals surface area (Å²) >= 11 is 0. The van der Waals surface area contributed by atoms with Crippen LogP contribution in [0.2, 0.25) is 0 Å². The second-order valence-corrected chi connectivity index (χ2v) is 6.96. The molecule has 0 bridgehead atoms.